The molecule has 2 heterocycles. The number of anilines is 1. The number of imidazole rings is 1. The van der Waals surface area contributed by atoms with Crippen LogP contribution in [0.2, 0.25) is 0 Å². The summed E-state index contributed by atoms with van der Waals surface area (Å²) in [6.07, 6.45) is 0. The second kappa shape index (κ2) is 4.18. The van der Waals surface area contributed by atoms with Crippen molar-refractivity contribution in [2.75, 3.05) is 5.32 Å². The largest absolute Gasteiger partial charge is 0.351 e. The Bertz CT molecular complexity index is 608. The normalized spacial score (nSPS) is 10.9. The van der Waals surface area contributed by atoms with Gasteiger partial charge in [-0.25, -0.2) is 4.98 Å². The minimum atomic E-state index is 0.755. The van der Waals surface area contributed by atoms with E-state index in [0.717, 1.165) is 29.2 Å². The number of rotatable bonds is 3. The molecule has 0 aliphatic carbocycles. The number of nitrogens with one attached hydrogen (secondary N) is 2. The number of nitrogens with zero attached hydrogens (tertiary/aromatic N) is 2. The molecule has 3 aromatic rings. The number of aryl methyl sites for hydroxylation is 1. The Morgan fingerprint density at radius 1 is 1.35 bits per heavy atom. The van der Waals surface area contributed by atoms with Crippen LogP contribution in [-0.2, 0) is 6.54 Å². The molecule has 0 fully saturated rings. The average molecular weight is 244 g/mol. The van der Waals surface area contributed by atoms with Gasteiger partial charge < -0.3 is 10.3 Å². The second-order valence-electron chi connectivity index (χ2n) is 3.89. The van der Waals surface area contributed by atoms with Crippen molar-refractivity contribution in [3.63, 3.8) is 0 Å². The van der Waals surface area contributed by atoms with Gasteiger partial charge in [0, 0.05) is 4.88 Å². The van der Waals surface area contributed by atoms with E-state index in [0.29, 0.717) is 0 Å². The summed E-state index contributed by atoms with van der Waals surface area (Å²) in [4.78, 5) is 8.90. The summed E-state index contributed by atoms with van der Waals surface area (Å²) < 4.78 is 4.24. The third-order valence-corrected chi connectivity index (χ3v) is 3.37. The lowest BCUT2D eigenvalue weighted by Crippen LogP contribution is -1.98. The van der Waals surface area contributed by atoms with Gasteiger partial charge in [-0.15, -0.1) is 0 Å². The molecule has 0 spiro atoms. The Morgan fingerprint density at radius 3 is 3.00 bits per heavy atom. The van der Waals surface area contributed by atoms with E-state index in [2.05, 4.69) is 25.7 Å². The molecule has 3 rings (SSSR count). The lowest BCUT2D eigenvalue weighted by Gasteiger charge is -1.98. The van der Waals surface area contributed by atoms with Crippen LogP contribution in [0.5, 0.6) is 0 Å². The SMILES string of the molecule is Cc1cc(CNc2nc3ccccc3[nH]2)sn1. The van der Waals surface area contributed by atoms with Crippen molar-refractivity contribution in [2.45, 2.75) is 13.5 Å². The van der Waals surface area contributed by atoms with Crippen molar-refractivity contribution in [1.29, 1.82) is 0 Å². The Morgan fingerprint density at radius 2 is 2.24 bits per heavy atom. The van der Waals surface area contributed by atoms with Crippen molar-refractivity contribution < 1.29 is 0 Å². The molecule has 0 bridgehead atoms. The zero-order valence-electron chi connectivity index (χ0n) is 9.40. The third-order valence-electron chi connectivity index (χ3n) is 2.50. The van der Waals surface area contributed by atoms with E-state index in [1.807, 2.05) is 31.2 Å². The number of hydrogen-bond donors (Lipinski definition) is 2. The van der Waals surface area contributed by atoms with E-state index in [1.54, 1.807) is 0 Å². The molecule has 0 radical (unpaired) electrons. The lowest BCUT2D eigenvalue weighted by atomic mass is 10.3. The number of aromatic amines is 1. The van der Waals surface area contributed by atoms with Crippen LogP contribution in [0.1, 0.15) is 10.6 Å². The summed E-state index contributed by atoms with van der Waals surface area (Å²) in [5.41, 5.74) is 3.10. The van der Waals surface area contributed by atoms with E-state index >= 15 is 0 Å². The molecule has 2 N–H and O–H groups in total. The standard InChI is InChI=1S/C12H12N4S/c1-8-6-9(17-16-8)7-13-12-14-10-4-2-3-5-11(10)15-12/h2-6H,7H2,1H3,(H2,13,14,15). The monoisotopic (exact) mass is 244 g/mol. The van der Waals surface area contributed by atoms with Gasteiger partial charge in [-0.3, -0.25) is 0 Å². The Kier molecular flexibility index (Phi) is 2.53. The van der Waals surface area contributed by atoms with E-state index < -0.39 is 0 Å². The summed E-state index contributed by atoms with van der Waals surface area (Å²) in [6, 6.07) is 10.1. The van der Waals surface area contributed by atoms with Crippen LogP contribution in [-0.4, -0.2) is 14.3 Å². The highest BCUT2D eigenvalue weighted by molar-refractivity contribution is 7.05. The fourth-order valence-electron chi connectivity index (χ4n) is 1.71. The van der Waals surface area contributed by atoms with Gasteiger partial charge in [-0.1, -0.05) is 12.1 Å². The molecular formula is C12H12N4S. The number of benzene rings is 1. The highest BCUT2D eigenvalue weighted by atomic mass is 32.1. The molecule has 17 heavy (non-hydrogen) atoms. The van der Waals surface area contributed by atoms with Gasteiger partial charge in [0.2, 0.25) is 5.95 Å². The number of aromatic nitrogens is 3. The van der Waals surface area contributed by atoms with Gasteiger partial charge in [0.05, 0.1) is 23.3 Å². The van der Waals surface area contributed by atoms with Crippen LogP contribution < -0.4 is 5.32 Å². The highest BCUT2D eigenvalue weighted by Crippen LogP contribution is 2.15. The number of hydrogen-bond acceptors (Lipinski definition) is 4. The fourth-order valence-corrected chi connectivity index (χ4v) is 2.38. The van der Waals surface area contributed by atoms with Crippen LogP contribution in [0.3, 0.4) is 0 Å². The molecule has 0 aliphatic heterocycles. The quantitative estimate of drug-likeness (QED) is 0.744. The molecule has 0 atom stereocenters. The molecule has 0 unspecified atom stereocenters. The van der Waals surface area contributed by atoms with Gasteiger partial charge >= 0.3 is 0 Å². The summed E-state index contributed by atoms with van der Waals surface area (Å²) in [7, 11) is 0. The average Bonchev–Trinajstić information content (AvgIpc) is 2.91. The van der Waals surface area contributed by atoms with E-state index in [-0.39, 0.29) is 0 Å². The van der Waals surface area contributed by atoms with Crippen LogP contribution >= 0.6 is 11.5 Å². The first kappa shape index (κ1) is 10.3. The van der Waals surface area contributed by atoms with Crippen LogP contribution in [0.15, 0.2) is 30.3 Å². The van der Waals surface area contributed by atoms with Gasteiger partial charge in [-0.05, 0) is 36.7 Å². The van der Waals surface area contributed by atoms with Crippen molar-refractivity contribution in [2.24, 2.45) is 0 Å². The number of para-hydroxylation sites is 2. The zero-order valence-corrected chi connectivity index (χ0v) is 10.2. The van der Waals surface area contributed by atoms with Crippen LogP contribution in [0.4, 0.5) is 5.95 Å². The number of H-pyrrole nitrogens is 1. The molecule has 5 heteroatoms. The predicted molar refractivity (Wildman–Crippen MR) is 70.3 cm³/mol. The predicted octanol–water partition coefficient (Wildman–Crippen LogP) is 2.94. The maximum atomic E-state index is 4.45. The van der Waals surface area contributed by atoms with Crippen molar-refractivity contribution >= 4 is 28.5 Å². The minimum absolute atomic E-state index is 0.755. The molecule has 0 saturated heterocycles. The van der Waals surface area contributed by atoms with Crippen LogP contribution in [0, 0.1) is 6.92 Å². The lowest BCUT2D eigenvalue weighted by molar-refractivity contribution is 1.12. The molecule has 2 aromatic heterocycles. The van der Waals surface area contributed by atoms with Crippen molar-refractivity contribution in [3.8, 4) is 0 Å². The van der Waals surface area contributed by atoms with Crippen LogP contribution in [0.25, 0.3) is 11.0 Å². The molecule has 0 saturated carbocycles. The Hall–Kier alpha value is -1.88. The summed E-state index contributed by atoms with van der Waals surface area (Å²) >= 11 is 1.52. The summed E-state index contributed by atoms with van der Waals surface area (Å²) in [5, 5.41) is 3.27. The number of fused-ring (bicyclic) bond motifs is 1. The van der Waals surface area contributed by atoms with Crippen molar-refractivity contribution in [3.05, 3.63) is 40.9 Å². The zero-order chi connectivity index (χ0) is 11.7. The first-order valence-corrected chi connectivity index (χ1v) is 6.19. The fraction of sp³-hybridized carbons (Fsp3) is 0.167. The van der Waals surface area contributed by atoms with Crippen molar-refractivity contribution in [1.82, 2.24) is 14.3 Å². The second-order valence-corrected chi connectivity index (χ2v) is 4.78. The maximum absolute atomic E-state index is 4.45. The highest BCUT2D eigenvalue weighted by Gasteiger charge is 2.02. The molecule has 86 valence electrons. The summed E-state index contributed by atoms with van der Waals surface area (Å²) in [6.45, 7) is 2.76. The van der Waals surface area contributed by atoms with Gasteiger partial charge in [0.15, 0.2) is 0 Å². The minimum Gasteiger partial charge on any atom is -0.351 e. The smallest absolute Gasteiger partial charge is 0.201 e. The molecule has 0 aliphatic rings. The van der Waals surface area contributed by atoms with Gasteiger partial charge in [0.25, 0.3) is 0 Å². The van der Waals surface area contributed by atoms with E-state index in [9.17, 15) is 0 Å². The molecular weight excluding hydrogens is 232 g/mol. The van der Waals surface area contributed by atoms with E-state index in [4.69, 9.17) is 0 Å². The molecule has 4 nitrogen and oxygen atoms in total. The molecule has 1 aromatic carbocycles. The van der Waals surface area contributed by atoms with Gasteiger partial charge in [-0.2, -0.15) is 4.37 Å². The first-order chi connectivity index (χ1) is 8.31. The topological polar surface area (TPSA) is 53.6 Å². The first-order valence-electron chi connectivity index (χ1n) is 5.42. The van der Waals surface area contributed by atoms with Gasteiger partial charge in [0.1, 0.15) is 0 Å². The Labute approximate surface area is 103 Å². The third kappa shape index (κ3) is 2.14. The maximum Gasteiger partial charge on any atom is 0.201 e. The molecule has 0 amide bonds. The van der Waals surface area contributed by atoms with E-state index in [1.165, 1.54) is 16.4 Å². The summed E-state index contributed by atoms with van der Waals surface area (Å²) in [5.74, 6) is 0.803. The Balaban J connectivity index is 1.76.